The van der Waals surface area contributed by atoms with Gasteiger partial charge in [-0.3, -0.25) is 0 Å². The van der Waals surface area contributed by atoms with E-state index in [1.54, 1.807) is 0 Å². The summed E-state index contributed by atoms with van der Waals surface area (Å²) in [6.45, 7) is 4.26. The molecule has 0 bridgehead atoms. The molecule has 1 aromatic carbocycles. The highest BCUT2D eigenvalue weighted by atomic mass is 16.5. The molecule has 1 atom stereocenters. The van der Waals surface area contributed by atoms with E-state index in [1.165, 1.54) is 22.3 Å². The first-order chi connectivity index (χ1) is 10.2. The lowest BCUT2D eigenvalue weighted by molar-refractivity contribution is 0.140. The third-order valence-corrected chi connectivity index (χ3v) is 4.03. The Bertz CT molecular complexity index is 613. The van der Waals surface area contributed by atoms with Crippen molar-refractivity contribution in [1.29, 1.82) is 0 Å². The van der Waals surface area contributed by atoms with Gasteiger partial charge in [-0.2, -0.15) is 0 Å². The van der Waals surface area contributed by atoms with Crippen molar-refractivity contribution in [3.63, 3.8) is 0 Å². The van der Waals surface area contributed by atoms with Crippen LogP contribution in [0.2, 0.25) is 0 Å². The fraction of sp³-hybridized carbons (Fsp3) is 0.389. The molecule has 110 valence electrons. The Morgan fingerprint density at radius 2 is 2.19 bits per heavy atom. The lowest BCUT2D eigenvalue weighted by Crippen LogP contribution is -2.31. The molecule has 0 saturated carbocycles. The maximum absolute atomic E-state index is 11.7. The molecule has 2 aliphatic rings. The maximum atomic E-state index is 11.7. The van der Waals surface area contributed by atoms with Gasteiger partial charge < -0.3 is 10.1 Å². The summed E-state index contributed by atoms with van der Waals surface area (Å²) in [6.07, 6.45) is 6.25. The standard InChI is InChI=1S/C18H21NO2/c1-12(2)19-18(20)21-11-17-15-9-5-3-7-13(15)14-8-4-6-10-16(14)17/h3,5-7,9-10,12,17H,4,8,11H2,1-2H3,(H,19,20). The van der Waals surface area contributed by atoms with E-state index in [1.807, 2.05) is 13.8 Å². The average molecular weight is 283 g/mol. The highest BCUT2D eigenvalue weighted by Gasteiger charge is 2.31. The Hall–Kier alpha value is -2.03. The molecular weight excluding hydrogens is 262 g/mol. The van der Waals surface area contributed by atoms with Gasteiger partial charge in [0.05, 0.1) is 0 Å². The van der Waals surface area contributed by atoms with Crippen LogP contribution >= 0.6 is 0 Å². The lowest BCUT2D eigenvalue weighted by Gasteiger charge is -2.17. The van der Waals surface area contributed by atoms with Gasteiger partial charge in [-0.1, -0.05) is 36.4 Å². The van der Waals surface area contributed by atoms with Crippen molar-refractivity contribution in [1.82, 2.24) is 5.32 Å². The highest BCUT2D eigenvalue weighted by Crippen LogP contribution is 2.46. The van der Waals surface area contributed by atoms with Crippen molar-refractivity contribution in [2.45, 2.75) is 38.6 Å². The average Bonchev–Trinajstić information content (AvgIpc) is 2.79. The van der Waals surface area contributed by atoms with Crippen molar-refractivity contribution < 1.29 is 9.53 Å². The predicted molar refractivity (Wildman–Crippen MR) is 84.1 cm³/mol. The quantitative estimate of drug-likeness (QED) is 0.909. The van der Waals surface area contributed by atoms with Gasteiger partial charge in [0.2, 0.25) is 0 Å². The summed E-state index contributed by atoms with van der Waals surface area (Å²) >= 11 is 0. The van der Waals surface area contributed by atoms with Gasteiger partial charge in [-0.25, -0.2) is 4.79 Å². The molecule has 21 heavy (non-hydrogen) atoms. The van der Waals surface area contributed by atoms with E-state index in [-0.39, 0.29) is 18.1 Å². The minimum Gasteiger partial charge on any atom is -0.449 e. The second-order valence-electron chi connectivity index (χ2n) is 5.91. The van der Waals surface area contributed by atoms with E-state index >= 15 is 0 Å². The van der Waals surface area contributed by atoms with E-state index < -0.39 is 0 Å². The number of ether oxygens (including phenoxy) is 1. The van der Waals surface area contributed by atoms with Gasteiger partial charge in [0, 0.05) is 12.0 Å². The highest BCUT2D eigenvalue weighted by molar-refractivity contribution is 5.81. The summed E-state index contributed by atoms with van der Waals surface area (Å²) in [6, 6.07) is 8.56. The third-order valence-electron chi connectivity index (χ3n) is 4.03. The number of fused-ring (bicyclic) bond motifs is 2. The monoisotopic (exact) mass is 283 g/mol. The van der Waals surface area contributed by atoms with E-state index in [4.69, 9.17) is 4.74 Å². The van der Waals surface area contributed by atoms with Gasteiger partial charge in [0.1, 0.15) is 6.61 Å². The number of carbonyl (C=O) groups excluding carboxylic acids is 1. The summed E-state index contributed by atoms with van der Waals surface area (Å²) in [5.41, 5.74) is 5.35. The molecule has 0 radical (unpaired) electrons. The molecule has 0 aromatic heterocycles. The van der Waals surface area contributed by atoms with E-state index in [0.717, 1.165) is 12.8 Å². The molecule has 1 unspecified atom stereocenters. The first-order valence-corrected chi connectivity index (χ1v) is 7.59. The maximum Gasteiger partial charge on any atom is 0.407 e. The van der Waals surface area contributed by atoms with Crippen molar-refractivity contribution in [2.24, 2.45) is 0 Å². The van der Waals surface area contributed by atoms with E-state index in [0.29, 0.717) is 6.61 Å². The summed E-state index contributed by atoms with van der Waals surface area (Å²) in [7, 11) is 0. The molecule has 3 nitrogen and oxygen atoms in total. The zero-order chi connectivity index (χ0) is 14.8. The normalized spacial score (nSPS) is 19.5. The smallest absolute Gasteiger partial charge is 0.407 e. The number of amides is 1. The molecule has 0 saturated heterocycles. The van der Waals surface area contributed by atoms with Crippen LogP contribution in [0.15, 0.2) is 42.0 Å². The molecule has 1 N–H and O–H groups in total. The molecule has 3 rings (SSSR count). The number of hydrogen-bond donors (Lipinski definition) is 1. The Morgan fingerprint density at radius 3 is 3.00 bits per heavy atom. The van der Waals surface area contributed by atoms with Gasteiger partial charge in [0.25, 0.3) is 0 Å². The molecule has 0 heterocycles. The topological polar surface area (TPSA) is 38.3 Å². The van der Waals surface area contributed by atoms with Crippen LogP contribution in [0.5, 0.6) is 0 Å². The minimum absolute atomic E-state index is 0.0951. The zero-order valence-corrected chi connectivity index (χ0v) is 12.6. The predicted octanol–water partition coefficient (Wildman–Crippen LogP) is 4.02. The Balaban J connectivity index is 1.80. The Morgan fingerprint density at radius 1 is 1.38 bits per heavy atom. The van der Waals surface area contributed by atoms with Gasteiger partial charge in [-0.05, 0) is 49.0 Å². The van der Waals surface area contributed by atoms with Crippen molar-refractivity contribution >= 4 is 11.7 Å². The number of hydrogen-bond acceptors (Lipinski definition) is 2. The molecule has 0 fully saturated rings. The van der Waals surface area contributed by atoms with Gasteiger partial charge in [-0.15, -0.1) is 0 Å². The Labute approximate surface area is 125 Å². The minimum atomic E-state index is -0.337. The number of nitrogens with one attached hydrogen (secondary N) is 1. The van der Waals surface area contributed by atoms with Crippen LogP contribution < -0.4 is 5.32 Å². The van der Waals surface area contributed by atoms with Crippen LogP contribution in [0.1, 0.15) is 43.7 Å². The first-order valence-electron chi connectivity index (χ1n) is 7.59. The fourth-order valence-corrected chi connectivity index (χ4v) is 3.16. The molecule has 1 aromatic rings. The second-order valence-corrected chi connectivity index (χ2v) is 5.91. The van der Waals surface area contributed by atoms with Gasteiger partial charge >= 0.3 is 6.09 Å². The van der Waals surface area contributed by atoms with Crippen LogP contribution in [-0.4, -0.2) is 18.7 Å². The van der Waals surface area contributed by atoms with Crippen molar-refractivity contribution in [3.8, 4) is 0 Å². The number of rotatable bonds is 3. The van der Waals surface area contributed by atoms with Crippen LogP contribution in [0.3, 0.4) is 0 Å². The largest absolute Gasteiger partial charge is 0.449 e. The molecule has 0 aliphatic heterocycles. The zero-order valence-electron chi connectivity index (χ0n) is 12.6. The third kappa shape index (κ3) is 2.73. The SMILES string of the molecule is CC(C)NC(=O)OCC1C2=C(CCC=C2)c2ccccc21. The van der Waals surface area contributed by atoms with Crippen molar-refractivity contribution in [2.75, 3.05) is 6.61 Å². The number of benzene rings is 1. The summed E-state index contributed by atoms with van der Waals surface area (Å²) in [5.74, 6) is 0.172. The number of alkyl carbamates (subject to hydrolysis) is 1. The molecular formula is C18H21NO2. The summed E-state index contributed by atoms with van der Waals surface area (Å²) in [4.78, 5) is 11.7. The van der Waals surface area contributed by atoms with Crippen LogP contribution in [-0.2, 0) is 4.74 Å². The molecule has 1 amide bonds. The van der Waals surface area contributed by atoms with E-state index in [2.05, 4.69) is 41.7 Å². The fourth-order valence-electron chi connectivity index (χ4n) is 3.16. The van der Waals surface area contributed by atoms with Gasteiger partial charge in [0.15, 0.2) is 0 Å². The Kier molecular flexibility index (Phi) is 3.82. The molecule has 0 spiro atoms. The molecule has 2 aliphatic carbocycles. The molecule has 3 heteroatoms. The van der Waals surface area contributed by atoms with Crippen molar-refractivity contribution in [3.05, 3.63) is 53.1 Å². The van der Waals surface area contributed by atoms with Crippen LogP contribution in [0, 0.1) is 0 Å². The first kappa shape index (κ1) is 13.9. The summed E-state index contributed by atoms with van der Waals surface area (Å²) in [5, 5.41) is 2.77. The number of allylic oxidation sites excluding steroid dienone is 3. The second kappa shape index (κ2) is 5.76. The van der Waals surface area contributed by atoms with Crippen LogP contribution in [0.25, 0.3) is 5.57 Å². The number of carbonyl (C=O) groups is 1. The summed E-state index contributed by atoms with van der Waals surface area (Å²) < 4.78 is 5.42. The van der Waals surface area contributed by atoms with Crippen LogP contribution in [0.4, 0.5) is 4.79 Å². The van der Waals surface area contributed by atoms with E-state index in [9.17, 15) is 4.79 Å². The lowest BCUT2D eigenvalue weighted by atomic mass is 9.93.